The monoisotopic (exact) mass is 339 g/mol. The van der Waals surface area contributed by atoms with E-state index in [1.54, 1.807) is 0 Å². The van der Waals surface area contributed by atoms with E-state index in [2.05, 4.69) is 85.0 Å². The molecule has 0 aromatic heterocycles. The third-order valence-electron chi connectivity index (χ3n) is 5.01. The smallest absolute Gasteiger partial charge is 0.0394 e. The van der Waals surface area contributed by atoms with Crippen LogP contribution in [0.15, 0.2) is 46.5 Å². The van der Waals surface area contributed by atoms with E-state index < -0.39 is 0 Å². The molecule has 0 aliphatic carbocycles. The maximum atomic E-state index is 4.73. The summed E-state index contributed by atoms with van der Waals surface area (Å²) in [5.41, 5.74) is 7.02. The quantitative estimate of drug-likeness (QED) is 0.338. The molecule has 138 valence electrons. The first kappa shape index (κ1) is 21.4. The summed E-state index contributed by atoms with van der Waals surface area (Å²) in [6.07, 6.45) is 11.2. The molecule has 1 rings (SSSR count). The number of rotatable bonds is 9. The van der Waals surface area contributed by atoms with Crippen molar-refractivity contribution >= 4 is 6.21 Å². The summed E-state index contributed by atoms with van der Waals surface area (Å²) in [5, 5.41) is 0. The Morgan fingerprint density at radius 1 is 1.16 bits per heavy atom. The number of hydrogen-bond acceptors (Lipinski definition) is 1. The highest BCUT2D eigenvalue weighted by atomic mass is 14.7. The Bertz CT molecular complexity index is 629. The summed E-state index contributed by atoms with van der Waals surface area (Å²) in [6, 6.07) is 6.68. The minimum atomic E-state index is 0.393. The van der Waals surface area contributed by atoms with Gasteiger partial charge in [-0.3, -0.25) is 4.99 Å². The van der Waals surface area contributed by atoms with E-state index in [4.69, 9.17) is 4.99 Å². The van der Waals surface area contributed by atoms with Crippen LogP contribution in [0.3, 0.4) is 0 Å². The van der Waals surface area contributed by atoms with Gasteiger partial charge < -0.3 is 0 Å². The Balaban J connectivity index is 2.80. The summed E-state index contributed by atoms with van der Waals surface area (Å²) in [6.45, 7) is 16.5. The number of aryl methyl sites for hydroxylation is 2. The summed E-state index contributed by atoms with van der Waals surface area (Å²) in [5.74, 6) is 0. The number of allylic oxidation sites excluding steroid dienone is 4. The van der Waals surface area contributed by atoms with E-state index in [9.17, 15) is 0 Å². The molecule has 0 radical (unpaired) electrons. The Kier molecular flexibility index (Phi) is 8.89. The molecule has 0 unspecified atom stereocenters. The Hall–Kier alpha value is -1.63. The minimum absolute atomic E-state index is 0.393. The fourth-order valence-electron chi connectivity index (χ4n) is 3.05. The third kappa shape index (κ3) is 7.86. The topological polar surface area (TPSA) is 12.4 Å². The van der Waals surface area contributed by atoms with Crippen molar-refractivity contribution in [3.8, 4) is 0 Å². The summed E-state index contributed by atoms with van der Waals surface area (Å²) < 4.78 is 0. The van der Waals surface area contributed by atoms with Gasteiger partial charge in [-0.25, -0.2) is 0 Å². The fourth-order valence-corrected chi connectivity index (χ4v) is 3.05. The molecule has 0 aliphatic heterocycles. The van der Waals surface area contributed by atoms with E-state index in [0.29, 0.717) is 5.41 Å². The SMILES string of the molecule is C/C=C(/C)C(=CCc1cc(C)ccc1C)/C=N\CCC(C)(C)CCC. The zero-order chi connectivity index (χ0) is 18.9. The normalized spacial score (nSPS) is 13.7. The predicted molar refractivity (Wildman–Crippen MR) is 114 cm³/mol. The van der Waals surface area contributed by atoms with Gasteiger partial charge in [0.15, 0.2) is 0 Å². The van der Waals surface area contributed by atoms with E-state index in [1.165, 1.54) is 40.7 Å². The molecular formula is C24H37N. The van der Waals surface area contributed by atoms with Crippen LogP contribution in [0.4, 0.5) is 0 Å². The lowest BCUT2D eigenvalue weighted by Gasteiger charge is -2.22. The molecule has 0 saturated carbocycles. The van der Waals surface area contributed by atoms with Crippen molar-refractivity contribution in [2.75, 3.05) is 6.54 Å². The maximum Gasteiger partial charge on any atom is 0.0394 e. The van der Waals surface area contributed by atoms with Gasteiger partial charge in [0.05, 0.1) is 0 Å². The van der Waals surface area contributed by atoms with Gasteiger partial charge in [0.1, 0.15) is 0 Å². The second-order valence-electron chi connectivity index (χ2n) is 7.96. The van der Waals surface area contributed by atoms with Crippen molar-refractivity contribution in [3.63, 3.8) is 0 Å². The van der Waals surface area contributed by atoms with E-state index >= 15 is 0 Å². The van der Waals surface area contributed by atoms with Crippen LogP contribution in [0.25, 0.3) is 0 Å². The lowest BCUT2D eigenvalue weighted by atomic mass is 9.85. The van der Waals surface area contributed by atoms with Crippen LogP contribution in [0.2, 0.25) is 0 Å². The summed E-state index contributed by atoms with van der Waals surface area (Å²) >= 11 is 0. The molecule has 0 amide bonds. The van der Waals surface area contributed by atoms with Crippen molar-refractivity contribution < 1.29 is 0 Å². The van der Waals surface area contributed by atoms with Crippen molar-refractivity contribution in [2.45, 2.75) is 74.1 Å². The van der Waals surface area contributed by atoms with Gasteiger partial charge in [-0.2, -0.15) is 0 Å². The molecule has 0 atom stereocenters. The van der Waals surface area contributed by atoms with Crippen molar-refractivity contribution in [1.29, 1.82) is 0 Å². The molecule has 0 bridgehead atoms. The number of aliphatic imine (C=N–C) groups is 1. The van der Waals surface area contributed by atoms with Gasteiger partial charge in [-0.05, 0) is 74.6 Å². The summed E-state index contributed by atoms with van der Waals surface area (Å²) in [7, 11) is 0. The highest BCUT2D eigenvalue weighted by molar-refractivity contribution is 5.84. The zero-order valence-electron chi connectivity index (χ0n) is 17.4. The van der Waals surface area contributed by atoms with Crippen molar-refractivity contribution in [1.82, 2.24) is 0 Å². The lowest BCUT2D eigenvalue weighted by Crippen LogP contribution is -2.12. The van der Waals surface area contributed by atoms with E-state index in [1.807, 2.05) is 0 Å². The first-order valence-corrected chi connectivity index (χ1v) is 9.68. The minimum Gasteiger partial charge on any atom is -0.293 e. The molecule has 0 spiro atoms. The zero-order valence-corrected chi connectivity index (χ0v) is 17.4. The largest absolute Gasteiger partial charge is 0.293 e. The highest BCUT2D eigenvalue weighted by Gasteiger charge is 2.15. The van der Waals surface area contributed by atoms with Gasteiger partial charge in [0.2, 0.25) is 0 Å². The molecule has 0 N–H and O–H groups in total. The molecule has 0 aliphatic rings. The van der Waals surface area contributed by atoms with E-state index in [0.717, 1.165) is 19.4 Å². The van der Waals surface area contributed by atoms with Crippen LogP contribution in [0.1, 0.15) is 70.6 Å². The van der Waals surface area contributed by atoms with Crippen molar-refractivity contribution in [2.24, 2.45) is 10.4 Å². The second-order valence-corrected chi connectivity index (χ2v) is 7.96. The van der Waals surface area contributed by atoms with Gasteiger partial charge in [-0.1, -0.05) is 63.1 Å². The van der Waals surface area contributed by atoms with E-state index in [-0.39, 0.29) is 0 Å². The molecule has 0 heterocycles. The fraction of sp³-hybridized carbons (Fsp3) is 0.542. The lowest BCUT2D eigenvalue weighted by molar-refractivity contribution is 0.310. The maximum absolute atomic E-state index is 4.73. The Morgan fingerprint density at radius 3 is 2.52 bits per heavy atom. The highest BCUT2D eigenvalue weighted by Crippen LogP contribution is 2.26. The van der Waals surface area contributed by atoms with Gasteiger partial charge in [-0.15, -0.1) is 0 Å². The second kappa shape index (κ2) is 10.4. The summed E-state index contributed by atoms with van der Waals surface area (Å²) in [4.78, 5) is 4.73. The first-order chi connectivity index (χ1) is 11.8. The molecule has 1 aromatic rings. The van der Waals surface area contributed by atoms with Gasteiger partial charge in [0, 0.05) is 12.8 Å². The Labute approximate surface area is 156 Å². The molecule has 0 saturated heterocycles. The number of nitrogens with zero attached hydrogens (tertiary/aromatic N) is 1. The standard InChI is InChI=1S/C24H37N/c1-8-14-24(6,7)15-16-25-18-23(20(4)9-2)13-12-22-17-19(3)10-11-21(22)5/h9-11,13,17-18H,8,12,14-16H2,1-7H3/b20-9-,23-13?,25-18-. The van der Waals surface area contributed by atoms with Crippen LogP contribution in [-0.2, 0) is 6.42 Å². The number of hydrogen-bond donors (Lipinski definition) is 0. The molecule has 25 heavy (non-hydrogen) atoms. The molecule has 1 aromatic carbocycles. The molecule has 1 nitrogen and oxygen atoms in total. The van der Waals surface area contributed by atoms with Crippen LogP contribution in [0.5, 0.6) is 0 Å². The van der Waals surface area contributed by atoms with Crippen LogP contribution < -0.4 is 0 Å². The first-order valence-electron chi connectivity index (χ1n) is 9.68. The van der Waals surface area contributed by atoms with Crippen molar-refractivity contribution in [3.05, 3.63) is 58.2 Å². The van der Waals surface area contributed by atoms with Crippen LogP contribution in [-0.4, -0.2) is 12.8 Å². The molecule has 1 heteroatoms. The molecule has 0 fully saturated rings. The van der Waals surface area contributed by atoms with Gasteiger partial charge >= 0.3 is 0 Å². The third-order valence-corrected chi connectivity index (χ3v) is 5.01. The molecular weight excluding hydrogens is 302 g/mol. The Morgan fingerprint density at radius 2 is 1.88 bits per heavy atom. The number of benzene rings is 1. The average molecular weight is 340 g/mol. The predicted octanol–water partition coefficient (Wildman–Crippen LogP) is 7.03. The average Bonchev–Trinajstić information content (AvgIpc) is 2.56. The van der Waals surface area contributed by atoms with Crippen LogP contribution in [0, 0.1) is 19.3 Å². The van der Waals surface area contributed by atoms with Gasteiger partial charge in [0.25, 0.3) is 0 Å². The van der Waals surface area contributed by atoms with Crippen LogP contribution >= 0.6 is 0 Å².